The van der Waals surface area contributed by atoms with Crippen molar-refractivity contribution in [1.82, 2.24) is 4.90 Å². The second kappa shape index (κ2) is 7.19. The zero-order valence-corrected chi connectivity index (χ0v) is 16.2. The lowest BCUT2D eigenvalue weighted by atomic mass is 9.84. The van der Waals surface area contributed by atoms with Crippen LogP contribution in [-0.4, -0.2) is 31.6 Å². The first kappa shape index (κ1) is 17.2. The molecule has 1 fully saturated rings. The summed E-state index contributed by atoms with van der Waals surface area (Å²) in [5.41, 5.74) is 5.18. The van der Waals surface area contributed by atoms with Crippen molar-refractivity contribution in [1.29, 1.82) is 0 Å². The number of fused-ring (bicyclic) bond motifs is 1. The highest BCUT2D eigenvalue weighted by Gasteiger charge is 2.27. The van der Waals surface area contributed by atoms with Crippen molar-refractivity contribution < 1.29 is 0 Å². The zero-order chi connectivity index (χ0) is 17.4. The molecule has 0 amide bonds. The van der Waals surface area contributed by atoms with Gasteiger partial charge in [0.15, 0.2) is 0 Å². The van der Waals surface area contributed by atoms with E-state index in [1.54, 1.807) is 0 Å². The predicted octanol–water partition coefficient (Wildman–Crippen LogP) is 5.56. The Labute approximate surface area is 160 Å². The molecule has 1 unspecified atom stereocenters. The summed E-state index contributed by atoms with van der Waals surface area (Å²) in [6.07, 6.45) is 3.97. The van der Waals surface area contributed by atoms with Gasteiger partial charge in [0.1, 0.15) is 0 Å². The fourth-order valence-corrected chi connectivity index (χ4v) is 4.77. The summed E-state index contributed by atoms with van der Waals surface area (Å²) >= 11 is 12.8. The lowest BCUT2D eigenvalue weighted by Gasteiger charge is -2.34. The topological polar surface area (TPSA) is 6.48 Å². The molecule has 1 saturated heterocycles. The molecule has 0 aliphatic carbocycles. The fourth-order valence-electron chi connectivity index (χ4n) is 4.20. The van der Waals surface area contributed by atoms with Gasteiger partial charge in [0.2, 0.25) is 0 Å². The molecule has 0 radical (unpaired) electrons. The first-order valence-corrected chi connectivity index (χ1v) is 9.88. The number of piperidine rings is 1. The highest BCUT2D eigenvalue weighted by Crippen LogP contribution is 2.38. The van der Waals surface area contributed by atoms with Crippen LogP contribution in [0.1, 0.15) is 41.9 Å². The van der Waals surface area contributed by atoms with Crippen molar-refractivity contribution in [2.24, 2.45) is 0 Å². The number of benzene rings is 2. The lowest BCUT2D eigenvalue weighted by molar-refractivity contribution is 0.295. The average molecular weight is 375 g/mol. The monoisotopic (exact) mass is 374 g/mol. The third kappa shape index (κ3) is 3.53. The Balaban J connectivity index is 1.66. The van der Waals surface area contributed by atoms with E-state index in [0.717, 1.165) is 23.1 Å². The van der Waals surface area contributed by atoms with Gasteiger partial charge in [-0.15, -0.1) is 0 Å². The molecule has 2 aliphatic heterocycles. The van der Waals surface area contributed by atoms with Gasteiger partial charge < -0.3 is 9.80 Å². The average Bonchev–Trinajstić information content (AvgIpc) is 2.63. The largest absolute Gasteiger partial charge is 0.372 e. The van der Waals surface area contributed by atoms with E-state index in [1.807, 2.05) is 6.07 Å². The minimum absolute atomic E-state index is 0.320. The van der Waals surface area contributed by atoms with E-state index in [1.165, 1.54) is 54.7 Å². The van der Waals surface area contributed by atoms with Crippen LogP contribution in [0.3, 0.4) is 0 Å². The van der Waals surface area contributed by atoms with E-state index in [2.05, 4.69) is 47.2 Å². The van der Waals surface area contributed by atoms with Crippen LogP contribution in [-0.2, 0) is 6.54 Å². The van der Waals surface area contributed by atoms with E-state index >= 15 is 0 Å². The second-order valence-electron chi connectivity index (χ2n) is 7.34. The predicted molar refractivity (Wildman–Crippen MR) is 107 cm³/mol. The Kier molecular flexibility index (Phi) is 4.95. The lowest BCUT2D eigenvalue weighted by Crippen LogP contribution is -2.31. The SMILES string of the molecule is CN1Cc2c(Cl)cc(Cl)cc2C(c2ccc(N3CCCCC3)cc2)C1. The summed E-state index contributed by atoms with van der Waals surface area (Å²) < 4.78 is 0. The van der Waals surface area contributed by atoms with Crippen LogP contribution in [0.4, 0.5) is 5.69 Å². The molecule has 1 atom stereocenters. The Bertz CT molecular complexity index is 751. The molecule has 2 nitrogen and oxygen atoms in total. The van der Waals surface area contributed by atoms with Crippen LogP contribution in [0.25, 0.3) is 0 Å². The maximum atomic E-state index is 6.47. The van der Waals surface area contributed by atoms with Gasteiger partial charge in [-0.25, -0.2) is 0 Å². The smallest absolute Gasteiger partial charge is 0.0468 e. The quantitative estimate of drug-likeness (QED) is 0.678. The maximum Gasteiger partial charge on any atom is 0.0468 e. The molecule has 4 rings (SSSR count). The van der Waals surface area contributed by atoms with Crippen LogP contribution >= 0.6 is 23.2 Å². The highest BCUT2D eigenvalue weighted by atomic mass is 35.5. The number of likely N-dealkylation sites (N-methyl/N-ethyl adjacent to an activating group) is 1. The number of hydrogen-bond acceptors (Lipinski definition) is 2. The molecule has 0 saturated carbocycles. The highest BCUT2D eigenvalue weighted by molar-refractivity contribution is 6.35. The van der Waals surface area contributed by atoms with Crippen molar-refractivity contribution in [3.63, 3.8) is 0 Å². The summed E-state index contributed by atoms with van der Waals surface area (Å²) in [5, 5.41) is 1.51. The van der Waals surface area contributed by atoms with Crippen molar-refractivity contribution in [3.8, 4) is 0 Å². The first-order chi connectivity index (χ1) is 12.1. The van der Waals surface area contributed by atoms with Crippen LogP contribution in [0.2, 0.25) is 10.0 Å². The number of nitrogens with zero attached hydrogens (tertiary/aromatic N) is 2. The molecule has 4 heteroatoms. The first-order valence-electron chi connectivity index (χ1n) is 9.13. The number of rotatable bonds is 2. The molecule has 25 heavy (non-hydrogen) atoms. The summed E-state index contributed by atoms with van der Waals surface area (Å²) in [7, 11) is 2.16. The number of halogens is 2. The van der Waals surface area contributed by atoms with Gasteiger partial charge in [0.25, 0.3) is 0 Å². The molecular formula is C21H24Cl2N2. The van der Waals surface area contributed by atoms with Crippen LogP contribution in [0.15, 0.2) is 36.4 Å². The molecule has 2 aliphatic rings. The van der Waals surface area contributed by atoms with E-state index < -0.39 is 0 Å². The summed E-state index contributed by atoms with van der Waals surface area (Å²) in [5.74, 6) is 0.320. The van der Waals surface area contributed by atoms with Crippen molar-refractivity contribution in [2.45, 2.75) is 31.7 Å². The van der Waals surface area contributed by atoms with Gasteiger partial charge in [-0.2, -0.15) is 0 Å². The van der Waals surface area contributed by atoms with Gasteiger partial charge >= 0.3 is 0 Å². The molecule has 132 valence electrons. The van der Waals surface area contributed by atoms with Crippen LogP contribution in [0, 0.1) is 0 Å². The van der Waals surface area contributed by atoms with E-state index in [0.29, 0.717) is 5.92 Å². The second-order valence-corrected chi connectivity index (χ2v) is 8.19. The normalized spacial score (nSPS) is 21.2. The Morgan fingerprint density at radius 1 is 0.960 bits per heavy atom. The van der Waals surface area contributed by atoms with Crippen molar-refractivity contribution >= 4 is 28.9 Å². The van der Waals surface area contributed by atoms with Gasteiger partial charge in [-0.05, 0) is 67.3 Å². The zero-order valence-electron chi connectivity index (χ0n) is 14.6. The minimum Gasteiger partial charge on any atom is -0.372 e. The fraction of sp³-hybridized carbons (Fsp3) is 0.429. The van der Waals surface area contributed by atoms with E-state index in [4.69, 9.17) is 23.2 Å². The van der Waals surface area contributed by atoms with Gasteiger partial charge in [-0.1, -0.05) is 35.3 Å². The summed E-state index contributed by atoms with van der Waals surface area (Å²) in [6, 6.07) is 13.1. The van der Waals surface area contributed by atoms with E-state index in [-0.39, 0.29) is 0 Å². The third-order valence-electron chi connectivity index (χ3n) is 5.51. The molecule has 2 aromatic carbocycles. The van der Waals surface area contributed by atoms with Gasteiger partial charge in [-0.3, -0.25) is 0 Å². The maximum absolute atomic E-state index is 6.47. The third-order valence-corrected chi connectivity index (χ3v) is 6.06. The Hall–Kier alpha value is -1.22. The molecular weight excluding hydrogens is 351 g/mol. The van der Waals surface area contributed by atoms with Crippen LogP contribution < -0.4 is 4.90 Å². The van der Waals surface area contributed by atoms with Gasteiger partial charge in [0.05, 0.1) is 0 Å². The minimum atomic E-state index is 0.320. The molecule has 2 aromatic rings. The summed E-state index contributed by atoms with van der Waals surface area (Å²) in [4.78, 5) is 4.84. The molecule has 0 bridgehead atoms. The Morgan fingerprint density at radius 3 is 2.40 bits per heavy atom. The standard InChI is InChI=1S/C21H24Cl2N2/c1-24-13-19(18-11-16(22)12-21(23)20(18)14-24)15-5-7-17(8-6-15)25-9-3-2-4-10-25/h5-8,11-12,19H,2-4,9-10,13-14H2,1H3. The van der Waals surface area contributed by atoms with Crippen LogP contribution in [0.5, 0.6) is 0 Å². The molecule has 2 heterocycles. The van der Waals surface area contributed by atoms with Crippen molar-refractivity contribution in [3.05, 3.63) is 63.1 Å². The molecule has 0 N–H and O–H groups in total. The van der Waals surface area contributed by atoms with Crippen molar-refractivity contribution in [2.75, 3.05) is 31.6 Å². The van der Waals surface area contributed by atoms with Gasteiger partial charge in [0, 0.05) is 47.8 Å². The molecule has 0 spiro atoms. The Morgan fingerprint density at radius 2 is 1.68 bits per heavy atom. The number of hydrogen-bond donors (Lipinski definition) is 0. The summed E-state index contributed by atoms with van der Waals surface area (Å²) in [6.45, 7) is 4.24. The number of anilines is 1. The van der Waals surface area contributed by atoms with E-state index in [9.17, 15) is 0 Å². The molecule has 0 aromatic heterocycles.